The molecular formula is C9H17N3O2. The molecule has 0 bridgehead atoms. The van der Waals surface area contributed by atoms with E-state index in [2.05, 4.69) is 16.0 Å². The summed E-state index contributed by atoms with van der Waals surface area (Å²) in [4.78, 5) is 22.0. The number of carbonyl (C=O) groups is 2. The summed E-state index contributed by atoms with van der Waals surface area (Å²) in [7, 11) is 1.54. The van der Waals surface area contributed by atoms with Gasteiger partial charge in [-0.3, -0.25) is 4.79 Å². The van der Waals surface area contributed by atoms with E-state index in [4.69, 9.17) is 0 Å². The average molecular weight is 199 g/mol. The second-order valence-electron chi connectivity index (χ2n) is 3.48. The highest BCUT2D eigenvalue weighted by Crippen LogP contribution is 2.17. The van der Waals surface area contributed by atoms with E-state index in [-0.39, 0.29) is 18.5 Å². The Hall–Kier alpha value is -1.26. The lowest BCUT2D eigenvalue weighted by atomic mass is 10.2. The summed E-state index contributed by atoms with van der Waals surface area (Å²) < 4.78 is 0. The normalized spacial score (nSPS) is 16.4. The summed E-state index contributed by atoms with van der Waals surface area (Å²) in [6, 6.07) is 0.0418. The van der Waals surface area contributed by atoms with E-state index in [1.54, 1.807) is 7.05 Å². The smallest absolute Gasteiger partial charge is 0.315 e. The van der Waals surface area contributed by atoms with Crippen molar-refractivity contribution in [3.05, 3.63) is 0 Å². The summed E-state index contributed by atoms with van der Waals surface area (Å²) in [6.45, 7) is 0.0368. The summed E-state index contributed by atoms with van der Waals surface area (Å²) in [5, 5.41) is 7.76. The maximum atomic E-state index is 11.2. The first kappa shape index (κ1) is 10.8. The fraction of sp³-hybridized carbons (Fsp3) is 0.778. The van der Waals surface area contributed by atoms with Crippen molar-refractivity contribution in [3.8, 4) is 0 Å². The topological polar surface area (TPSA) is 70.2 Å². The van der Waals surface area contributed by atoms with Gasteiger partial charge in [0.05, 0.1) is 6.54 Å². The predicted octanol–water partition coefficient (Wildman–Crippen LogP) is -0.0258. The first-order chi connectivity index (χ1) is 6.72. The van der Waals surface area contributed by atoms with E-state index in [0.29, 0.717) is 6.04 Å². The molecule has 1 aliphatic rings. The molecule has 3 amide bonds. The standard InChI is InChI=1S/C9H17N3O2/c1-10-8(13)6-11-9(14)12-7-4-2-3-5-7/h7H,2-6H2,1H3,(H,10,13)(H2,11,12,14). The van der Waals surface area contributed by atoms with Crippen molar-refractivity contribution in [2.75, 3.05) is 13.6 Å². The Kier molecular flexibility index (Phi) is 4.22. The van der Waals surface area contributed by atoms with Gasteiger partial charge in [-0.1, -0.05) is 12.8 Å². The van der Waals surface area contributed by atoms with Crippen LogP contribution in [0, 0.1) is 0 Å². The number of nitrogens with one attached hydrogen (secondary N) is 3. The van der Waals surface area contributed by atoms with Crippen LogP contribution in [0.15, 0.2) is 0 Å². The maximum Gasteiger partial charge on any atom is 0.315 e. The number of amides is 3. The molecule has 0 saturated heterocycles. The Morgan fingerprint density at radius 1 is 1.29 bits per heavy atom. The highest BCUT2D eigenvalue weighted by Gasteiger charge is 2.16. The molecule has 0 aromatic carbocycles. The molecule has 0 spiro atoms. The molecule has 0 radical (unpaired) electrons. The Bertz CT molecular complexity index is 212. The lowest BCUT2D eigenvalue weighted by Crippen LogP contribution is -2.44. The molecule has 0 aromatic rings. The van der Waals surface area contributed by atoms with Crippen LogP contribution >= 0.6 is 0 Å². The molecule has 1 aliphatic carbocycles. The van der Waals surface area contributed by atoms with Gasteiger partial charge >= 0.3 is 6.03 Å². The minimum atomic E-state index is -0.250. The van der Waals surface area contributed by atoms with Crippen molar-refractivity contribution in [3.63, 3.8) is 0 Å². The van der Waals surface area contributed by atoms with Gasteiger partial charge in [-0.05, 0) is 12.8 Å². The fourth-order valence-electron chi connectivity index (χ4n) is 1.56. The van der Waals surface area contributed by atoms with Gasteiger partial charge in [-0.2, -0.15) is 0 Å². The molecule has 3 N–H and O–H groups in total. The third-order valence-corrected chi connectivity index (χ3v) is 2.38. The van der Waals surface area contributed by atoms with Gasteiger partial charge in [-0.15, -0.1) is 0 Å². The number of urea groups is 1. The minimum absolute atomic E-state index is 0.0368. The van der Waals surface area contributed by atoms with Crippen LogP contribution in [0.3, 0.4) is 0 Å². The Morgan fingerprint density at radius 3 is 2.50 bits per heavy atom. The van der Waals surface area contributed by atoms with Crippen LogP contribution < -0.4 is 16.0 Å². The predicted molar refractivity (Wildman–Crippen MR) is 52.9 cm³/mol. The van der Waals surface area contributed by atoms with E-state index < -0.39 is 0 Å². The van der Waals surface area contributed by atoms with Gasteiger partial charge in [0.25, 0.3) is 0 Å². The molecule has 0 aliphatic heterocycles. The molecule has 1 saturated carbocycles. The maximum absolute atomic E-state index is 11.2. The summed E-state index contributed by atoms with van der Waals surface area (Å²) in [5.41, 5.74) is 0. The zero-order valence-corrected chi connectivity index (χ0v) is 8.43. The number of hydrogen-bond acceptors (Lipinski definition) is 2. The molecule has 0 unspecified atom stereocenters. The second-order valence-corrected chi connectivity index (χ2v) is 3.48. The second kappa shape index (κ2) is 5.47. The van der Waals surface area contributed by atoms with Gasteiger partial charge in [0, 0.05) is 13.1 Å². The molecule has 5 nitrogen and oxygen atoms in total. The highest BCUT2D eigenvalue weighted by molar-refractivity contribution is 5.83. The zero-order chi connectivity index (χ0) is 10.4. The van der Waals surface area contributed by atoms with Crippen LogP contribution in [0.25, 0.3) is 0 Å². The Labute approximate surface area is 83.6 Å². The first-order valence-corrected chi connectivity index (χ1v) is 4.97. The number of carbonyl (C=O) groups excluding carboxylic acids is 2. The van der Waals surface area contributed by atoms with Crippen molar-refractivity contribution in [2.45, 2.75) is 31.7 Å². The summed E-state index contributed by atoms with van der Waals surface area (Å²) in [6.07, 6.45) is 4.46. The lowest BCUT2D eigenvalue weighted by Gasteiger charge is -2.12. The van der Waals surface area contributed by atoms with E-state index >= 15 is 0 Å². The molecule has 5 heteroatoms. The first-order valence-electron chi connectivity index (χ1n) is 4.97. The molecule has 1 fully saturated rings. The van der Waals surface area contributed by atoms with E-state index in [0.717, 1.165) is 12.8 Å². The zero-order valence-electron chi connectivity index (χ0n) is 8.43. The monoisotopic (exact) mass is 199 g/mol. The van der Waals surface area contributed by atoms with Crippen molar-refractivity contribution in [2.24, 2.45) is 0 Å². The fourth-order valence-corrected chi connectivity index (χ4v) is 1.56. The number of hydrogen-bond donors (Lipinski definition) is 3. The molecule has 80 valence electrons. The van der Waals surface area contributed by atoms with E-state index in [1.165, 1.54) is 12.8 Å². The third-order valence-electron chi connectivity index (χ3n) is 2.38. The highest BCUT2D eigenvalue weighted by atomic mass is 16.2. The lowest BCUT2D eigenvalue weighted by molar-refractivity contribution is -0.119. The van der Waals surface area contributed by atoms with Crippen LogP contribution in [0.5, 0.6) is 0 Å². The van der Waals surface area contributed by atoms with Crippen LogP contribution in [-0.2, 0) is 4.79 Å². The molecule has 0 aromatic heterocycles. The van der Waals surface area contributed by atoms with Crippen LogP contribution in [0.2, 0.25) is 0 Å². The molecule has 14 heavy (non-hydrogen) atoms. The molecule has 0 heterocycles. The van der Waals surface area contributed by atoms with Crippen molar-refractivity contribution < 1.29 is 9.59 Å². The van der Waals surface area contributed by atoms with Crippen molar-refractivity contribution in [1.82, 2.24) is 16.0 Å². The Balaban J connectivity index is 2.12. The minimum Gasteiger partial charge on any atom is -0.358 e. The van der Waals surface area contributed by atoms with Crippen LogP contribution in [-0.4, -0.2) is 31.6 Å². The van der Waals surface area contributed by atoms with Gasteiger partial charge in [0.2, 0.25) is 5.91 Å². The number of rotatable bonds is 3. The molecule has 0 atom stereocenters. The van der Waals surface area contributed by atoms with Gasteiger partial charge < -0.3 is 16.0 Å². The molecular weight excluding hydrogens is 182 g/mol. The average Bonchev–Trinajstić information content (AvgIpc) is 2.66. The van der Waals surface area contributed by atoms with Crippen LogP contribution in [0.1, 0.15) is 25.7 Å². The van der Waals surface area contributed by atoms with Gasteiger partial charge in [0.1, 0.15) is 0 Å². The molecule has 1 rings (SSSR count). The van der Waals surface area contributed by atoms with E-state index in [9.17, 15) is 9.59 Å². The van der Waals surface area contributed by atoms with Gasteiger partial charge in [-0.25, -0.2) is 4.79 Å². The largest absolute Gasteiger partial charge is 0.358 e. The van der Waals surface area contributed by atoms with Crippen molar-refractivity contribution in [1.29, 1.82) is 0 Å². The summed E-state index contributed by atoms with van der Waals surface area (Å²) >= 11 is 0. The van der Waals surface area contributed by atoms with Gasteiger partial charge in [0.15, 0.2) is 0 Å². The number of likely N-dealkylation sites (N-methyl/N-ethyl adjacent to an activating group) is 1. The quantitative estimate of drug-likeness (QED) is 0.597. The third kappa shape index (κ3) is 3.64. The van der Waals surface area contributed by atoms with E-state index in [1.807, 2.05) is 0 Å². The SMILES string of the molecule is CNC(=O)CNC(=O)NC1CCCC1. The van der Waals surface area contributed by atoms with Crippen LogP contribution in [0.4, 0.5) is 4.79 Å². The Morgan fingerprint density at radius 2 is 1.93 bits per heavy atom. The summed E-state index contributed by atoms with van der Waals surface area (Å²) in [5.74, 6) is -0.188. The van der Waals surface area contributed by atoms with Crippen molar-refractivity contribution >= 4 is 11.9 Å².